The molecule has 1 aromatic carbocycles. The van der Waals surface area contributed by atoms with E-state index in [1.807, 2.05) is 0 Å². The molecule has 1 aromatic rings. The molecule has 0 saturated carbocycles. The number of rotatable bonds is 1. The van der Waals surface area contributed by atoms with E-state index in [9.17, 15) is 0 Å². The molecule has 1 atom stereocenters. The van der Waals surface area contributed by atoms with Crippen LogP contribution in [0.3, 0.4) is 0 Å². The fourth-order valence-electron chi connectivity index (χ4n) is 2.00. The van der Waals surface area contributed by atoms with Gasteiger partial charge in [-0.15, -0.1) is 0 Å². The van der Waals surface area contributed by atoms with Crippen molar-refractivity contribution in [3.05, 3.63) is 33.8 Å². The van der Waals surface area contributed by atoms with Gasteiger partial charge in [-0.05, 0) is 55.0 Å². The minimum absolute atomic E-state index is 0.702. The van der Waals surface area contributed by atoms with Crippen LogP contribution in [0.4, 0.5) is 0 Å². The monoisotopic (exact) mass is 239 g/mol. The molecule has 0 bridgehead atoms. The summed E-state index contributed by atoms with van der Waals surface area (Å²) in [4.78, 5) is 0. The SMILES string of the molecule is NCC1CCc2cc(Br)ccc2C1. The number of aryl methyl sites for hydroxylation is 1. The quantitative estimate of drug-likeness (QED) is 0.801. The van der Waals surface area contributed by atoms with Crippen LogP contribution >= 0.6 is 15.9 Å². The summed E-state index contributed by atoms with van der Waals surface area (Å²) >= 11 is 3.50. The summed E-state index contributed by atoms with van der Waals surface area (Å²) in [6, 6.07) is 6.58. The fourth-order valence-corrected chi connectivity index (χ4v) is 2.41. The molecule has 2 rings (SSSR count). The van der Waals surface area contributed by atoms with Crippen molar-refractivity contribution in [2.45, 2.75) is 19.3 Å². The van der Waals surface area contributed by atoms with Crippen LogP contribution in [0, 0.1) is 5.92 Å². The first-order valence-corrected chi connectivity index (χ1v) is 5.56. The Hall–Kier alpha value is -0.340. The summed E-state index contributed by atoms with van der Waals surface area (Å²) in [5, 5.41) is 0. The van der Waals surface area contributed by atoms with E-state index in [0.717, 1.165) is 6.54 Å². The summed E-state index contributed by atoms with van der Waals surface area (Å²) in [7, 11) is 0. The van der Waals surface area contributed by atoms with Gasteiger partial charge in [0.25, 0.3) is 0 Å². The minimum Gasteiger partial charge on any atom is -0.330 e. The minimum atomic E-state index is 0.702. The predicted octanol–water partition coefficient (Wildman–Crippen LogP) is 2.51. The van der Waals surface area contributed by atoms with Gasteiger partial charge in [-0.3, -0.25) is 0 Å². The summed E-state index contributed by atoms with van der Waals surface area (Å²) in [6.45, 7) is 0.829. The second-order valence-corrected chi connectivity index (χ2v) is 4.67. The topological polar surface area (TPSA) is 26.0 Å². The predicted molar refractivity (Wildman–Crippen MR) is 58.7 cm³/mol. The van der Waals surface area contributed by atoms with Crippen LogP contribution in [0.5, 0.6) is 0 Å². The van der Waals surface area contributed by atoms with Crippen molar-refractivity contribution in [1.29, 1.82) is 0 Å². The lowest BCUT2D eigenvalue weighted by atomic mass is 9.84. The standard InChI is InChI=1S/C11H14BrN/c12-11-4-3-9-5-8(7-13)1-2-10(9)6-11/h3-4,6,8H,1-2,5,7,13H2. The first-order valence-electron chi connectivity index (χ1n) is 4.77. The molecule has 70 valence electrons. The third-order valence-corrected chi connectivity index (χ3v) is 3.33. The number of hydrogen-bond donors (Lipinski definition) is 1. The average Bonchev–Trinajstić information content (AvgIpc) is 2.17. The van der Waals surface area contributed by atoms with Gasteiger partial charge in [0.2, 0.25) is 0 Å². The number of fused-ring (bicyclic) bond motifs is 1. The maximum absolute atomic E-state index is 5.68. The van der Waals surface area contributed by atoms with Crippen molar-refractivity contribution in [3.63, 3.8) is 0 Å². The lowest BCUT2D eigenvalue weighted by molar-refractivity contribution is 0.469. The van der Waals surface area contributed by atoms with Crippen LogP contribution in [0.2, 0.25) is 0 Å². The number of nitrogens with two attached hydrogens (primary N) is 1. The van der Waals surface area contributed by atoms with E-state index in [1.54, 1.807) is 0 Å². The molecule has 1 unspecified atom stereocenters. The fraction of sp³-hybridized carbons (Fsp3) is 0.455. The zero-order valence-corrected chi connectivity index (χ0v) is 9.18. The van der Waals surface area contributed by atoms with Gasteiger partial charge in [-0.2, -0.15) is 0 Å². The molecule has 0 heterocycles. The van der Waals surface area contributed by atoms with E-state index < -0.39 is 0 Å². The summed E-state index contributed by atoms with van der Waals surface area (Å²) in [5.41, 5.74) is 8.67. The molecule has 0 spiro atoms. The van der Waals surface area contributed by atoms with Crippen molar-refractivity contribution in [3.8, 4) is 0 Å². The van der Waals surface area contributed by atoms with Crippen LogP contribution in [-0.2, 0) is 12.8 Å². The highest BCUT2D eigenvalue weighted by Crippen LogP contribution is 2.27. The van der Waals surface area contributed by atoms with Gasteiger partial charge in [-0.25, -0.2) is 0 Å². The Morgan fingerprint density at radius 1 is 1.38 bits per heavy atom. The Kier molecular flexibility index (Phi) is 2.70. The first-order chi connectivity index (χ1) is 6.29. The third-order valence-electron chi connectivity index (χ3n) is 2.83. The van der Waals surface area contributed by atoms with Crippen LogP contribution in [-0.4, -0.2) is 6.54 Å². The van der Waals surface area contributed by atoms with Gasteiger partial charge in [0.05, 0.1) is 0 Å². The average molecular weight is 240 g/mol. The smallest absolute Gasteiger partial charge is 0.0178 e. The van der Waals surface area contributed by atoms with Crippen molar-refractivity contribution >= 4 is 15.9 Å². The van der Waals surface area contributed by atoms with E-state index in [0.29, 0.717) is 5.92 Å². The van der Waals surface area contributed by atoms with Crippen molar-refractivity contribution < 1.29 is 0 Å². The highest BCUT2D eigenvalue weighted by molar-refractivity contribution is 9.10. The summed E-state index contributed by atoms with van der Waals surface area (Å²) in [5.74, 6) is 0.702. The summed E-state index contributed by atoms with van der Waals surface area (Å²) < 4.78 is 1.19. The molecule has 1 nitrogen and oxygen atoms in total. The van der Waals surface area contributed by atoms with Gasteiger partial charge in [0.1, 0.15) is 0 Å². The number of halogens is 1. The molecule has 0 radical (unpaired) electrons. The van der Waals surface area contributed by atoms with Crippen LogP contribution < -0.4 is 5.73 Å². The molecular weight excluding hydrogens is 226 g/mol. The number of benzene rings is 1. The Labute approximate surface area is 87.5 Å². The van der Waals surface area contributed by atoms with Gasteiger partial charge in [0, 0.05) is 4.47 Å². The van der Waals surface area contributed by atoms with Crippen molar-refractivity contribution in [1.82, 2.24) is 0 Å². The second kappa shape index (κ2) is 3.81. The Balaban J connectivity index is 2.26. The Bertz CT molecular complexity index is 309. The van der Waals surface area contributed by atoms with Gasteiger partial charge in [0.15, 0.2) is 0 Å². The Morgan fingerprint density at radius 2 is 2.23 bits per heavy atom. The molecule has 1 aliphatic rings. The number of hydrogen-bond acceptors (Lipinski definition) is 1. The lowest BCUT2D eigenvalue weighted by Gasteiger charge is -2.23. The molecule has 0 fully saturated rings. The van der Waals surface area contributed by atoms with Crippen molar-refractivity contribution in [2.75, 3.05) is 6.54 Å². The largest absolute Gasteiger partial charge is 0.330 e. The maximum Gasteiger partial charge on any atom is 0.0178 e. The molecule has 2 N–H and O–H groups in total. The molecule has 0 aromatic heterocycles. The molecule has 2 heteroatoms. The third kappa shape index (κ3) is 1.94. The second-order valence-electron chi connectivity index (χ2n) is 3.76. The van der Waals surface area contributed by atoms with Crippen LogP contribution in [0.25, 0.3) is 0 Å². The van der Waals surface area contributed by atoms with E-state index in [4.69, 9.17) is 5.73 Å². The van der Waals surface area contributed by atoms with Gasteiger partial charge >= 0.3 is 0 Å². The molecule has 1 aliphatic carbocycles. The van der Waals surface area contributed by atoms with Crippen molar-refractivity contribution in [2.24, 2.45) is 11.7 Å². The highest BCUT2D eigenvalue weighted by atomic mass is 79.9. The van der Waals surface area contributed by atoms with E-state index in [-0.39, 0.29) is 0 Å². The molecular formula is C11H14BrN. The lowest BCUT2D eigenvalue weighted by Crippen LogP contribution is -2.22. The van der Waals surface area contributed by atoms with Crippen LogP contribution in [0.15, 0.2) is 22.7 Å². The van der Waals surface area contributed by atoms with E-state index in [2.05, 4.69) is 34.1 Å². The van der Waals surface area contributed by atoms with Gasteiger partial charge in [-0.1, -0.05) is 22.0 Å². The van der Waals surface area contributed by atoms with Crippen LogP contribution in [0.1, 0.15) is 17.5 Å². The maximum atomic E-state index is 5.68. The highest BCUT2D eigenvalue weighted by Gasteiger charge is 2.16. The molecule has 0 aliphatic heterocycles. The van der Waals surface area contributed by atoms with E-state index >= 15 is 0 Å². The normalized spacial score (nSPS) is 21.2. The molecule has 0 saturated heterocycles. The first kappa shape index (κ1) is 9.22. The Morgan fingerprint density at radius 3 is 3.00 bits per heavy atom. The zero-order chi connectivity index (χ0) is 9.26. The zero-order valence-electron chi connectivity index (χ0n) is 7.59. The molecule has 13 heavy (non-hydrogen) atoms. The van der Waals surface area contributed by atoms with Gasteiger partial charge < -0.3 is 5.73 Å². The summed E-state index contributed by atoms with van der Waals surface area (Å²) in [6.07, 6.45) is 3.61. The van der Waals surface area contributed by atoms with E-state index in [1.165, 1.54) is 34.9 Å². The molecule has 0 amide bonds.